The number of likely N-dealkylation sites (tertiary alicyclic amines) is 1. The van der Waals surface area contributed by atoms with Crippen LogP contribution in [0.4, 0.5) is 0 Å². The molecule has 0 saturated carbocycles. The maximum Gasteiger partial charge on any atom is 0.223 e. The fraction of sp³-hybridized carbons (Fsp3) is 0.467. The van der Waals surface area contributed by atoms with E-state index in [-0.39, 0.29) is 18.2 Å². The molecule has 0 bridgehead atoms. The van der Waals surface area contributed by atoms with Crippen molar-refractivity contribution in [3.8, 4) is 11.5 Å². The van der Waals surface area contributed by atoms with Gasteiger partial charge in [0.1, 0.15) is 0 Å². The maximum absolute atomic E-state index is 11.9. The number of hydrogen-bond acceptors (Lipinski definition) is 4. The number of ether oxygens (including phenoxy) is 2. The fourth-order valence-electron chi connectivity index (χ4n) is 2.58. The lowest BCUT2D eigenvalue weighted by atomic mass is 10.1. The van der Waals surface area contributed by atoms with Crippen LogP contribution in [0.5, 0.6) is 11.5 Å². The Morgan fingerprint density at radius 2 is 2.14 bits per heavy atom. The zero-order chi connectivity index (χ0) is 15.4. The van der Waals surface area contributed by atoms with Gasteiger partial charge in [0.2, 0.25) is 11.8 Å². The minimum absolute atomic E-state index is 0.0272. The lowest BCUT2D eigenvalue weighted by Crippen LogP contribution is -2.30. The van der Waals surface area contributed by atoms with Crippen LogP contribution in [-0.4, -0.2) is 44.0 Å². The molecule has 2 amide bonds. The lowest BCUT2D eigenvalue weighted by molar-refractivity contribution is -0.128. The molecule has 0 aliphatic carbocycles. The van der Waals surface area contributed by atoms with Gasteiger partial charge < -0.3 is 20.1 Å². The highest BCUT2D eigenvalue weighted by atomic mass is 16.5. The quantitative estimate of drug-likeness (QED) is 0.831. The number of rotatable bonds is 6. The Bertz CT molecular complexity index is 544. The summed E-state index contributed by atoms with van der Waals surface area (Å²) in [5, 5.41) is 0. The van der Waals surface area contributed by atoms with Crippen LogP contribution < -0.4 is 15.2 Å². The van der Waals surface area contributed by atoms with Crippen LogP contribution in [0.2, 0.25) is 0 Å². The highest BCUT2D eigenvalue weighted by molar-refractivity contribution is 5.88. The summed E-state index contributed by atoms with van der Waals surface area (Å²) in [6, 6.07) is 5.65. The van der Waals surface area contributed by atoms with E-state index in [1.807, 2.05) is 18.2 Å². The third-order valence-corrected chi connectivity index (χ3v) is 3.75. The van der Waals surface area contributed by atoms with Crippen molar-refractivity contribution in [3.05, 3.63) is 23.8 Å². The van der Waals surface area contributed by atoms with E-state index in [0.29, 0.717) is 31.0 Å². The number of benzene rings is 1. The number of para-hydroxylation sites is 1. The number of nitrogens with two attached hydrogens (primary N) is 1. The Morgan fingerprint density at radius 3 is 2.71 bits per heavy atom. The van der Waals surface area contributed by atoms with Crippen LogP contribution in [0, 0.1) is 5.92 Å². The molecular formula is C15H20N2O4. The van der Waals surface area contributed by atoms with Crippen molar-refractivity contribution >= 4 is 11.8 Å². The first-order valence-electron chi connectivity index (χ1n) is 6.83. The van der Waals surface area contributed by atoms with Crippen molar-refractivity contribution in [3.63, 3.8) is 0 Å². The molecule has 1 aliphatic rings. The summed E-state index contributed by atoms with van der Waals surface area (Å²) >= 11 is 0. The van der Waals surface area contributed by atoms with E-state index in [0.717, 1.165) is 5.56 Å². The Hall–Kier alpha value is -2.24. The summed E-state index contributed by atoms with van der Waals surface area (Å²) in [5.41, 5.74) is 6.22. The van der Waals surface area contributed by atoms with Crippen LogP contribution in [0.1, 0.15) is 12.0 Å². The summed E-state index contributed by atoms with van der Waals surface area (Å²) < 4.78 is 10.6. The molecule has 114 valence electrons. The molecule has 2 N–H and O–H groups in total. The third kappa shape index (κ3) is 3.26. The van der Waals surface area contributed by atoms with Gasteiger partial charge in [0, 0.05) is 19.5 Å². The minimum atomic E-state index is -0.412. The molecule has 1 aromatic rings. The van der Waals surface area contributed by atoms with Crippen molar-refractivity contribution in [2.75, 3.05) is 27.3 Å². The molecule has 1 heterocycles. The second-order valence-electron chi connectivity index (χ2n) is 5.05. The molecule has 0 radical (unpaired) electrons. The highest BCUT2D eigenvalue weighted by Gasteiger charge is 2.32. The van der Waals surface area contributed by atoms with Gasteiger partial charge in [-0.3, -0.25) is 9.59 Å². The van der Waals surface area contributed by atoms with Gasteiger partial charge in [-0.15, -0.1) is 0 Å². The smallest absolute Gasteiger partial charge is 0.223 e. The zero-order valence-corrected chi connectivity index (χ0v) is 12.3. The summed E-state index contributed by atoms with van der Waals surface area (Å²) in [7, 11) is 3.18. The third-order valence-electron chi connectivity index (χ3n) is 3.75. The highest BCUT2D eigenvalue weighted by Crippen LogP contribution is 2.31. The van der Waals surface area contributed by atoms with Crippen LogP contribution in [0.3, 0.4) is 0 Å². The number of nitrogens with zero attached hydrogens (tertiary/aromatic N) is 1. The number of methoxy groups -OCH3 is 2. The number of primary amides is 1. The van der Waals surface area contributed by atoms with Crippen molar-refractivity contribution < 1.29 is 19.1 Å². The van der Waals surface area contributed by atoms with Crippen LogP contribution >= 0.6 is 0 Å². The van der Waals surface area contributed by atoms with Gasteiger partial charge in [-0.1, -0.05) is 12.1 Å². The Balaban J connectivity index is 2.04. The van der Waals surface area contributed by atoms with E-state index in [9.17, 15) is 9.59 Å². The van der Waals surface area contributed by atoms with Crippen molar-refractivity contribution in [1.29, 1.82) is 0 Å². The lowest BCUT2D eigenvalue weighted by Gasteiger charge is -2.18. The van der Waals surface area contributed by atoms with E-state index < -0.39 is 5.91 Å². The molecule has 21 heavy (non-hydrogen) atoms. The molecule has 2 rings (SSSR count). The van der Waals surface area contributed by atoms with Gasteiger partial charge >= 0.3 is 0 Å². The predicted octanol–water partition coefficient (Wildman–Crippen LogP) is 0.580. The summed E-state index contributed by atoms with van der Waals surface area (Å²) in [6.45, 7) is 0.937. The largest absolute Gasteiger partial charge is 0.493 e. The van der Waals surface area contributed by atoms with Crippen molar-refractivity contribution in [1.82, 2.24) is 4.90 Å². The average Bonchev–Trinajstić information content (AvgIpc) is 2.86. The van der Waals surface area contributed by atoms with E-state index in [1.54, 1.807) is 19.1 Å². The van der Waals surface area contributed by atoms with Crippen LogP contribution in [0.15, 0.2) is 18.2 Å². The molecular weight excluding hydrogens is 272 g/mol. The maximum atomic E-state index is 11.9. The molecule has 1 unspecified atom stereocenters. The Kier molecular flexibility index (Phi) is 4.67. The second kappa shape index (κ2) is 6.47. The van der Waals surface area contributed by atoms with Gasteiger partial charge in [-0.05, 0) is 18.1 Å². The molecule has 0 spiro atoms. The number of hydrogen-bond donors (Lipinski definition) is 1. The van der Waals surface area contributed by atoms with Gasteiger partial charge in [0.25, 0.3) is 0 Å². The van der Waals surface area contributed by atoms with Crippen LogP contribution in [0.25, 0.3) is 0 Å². The first-order valence-corrected chi connectivity index (χ1v) is 6.83. The van der Waals surface area contributed by atoms with Gasteiger partial charge in [0.05, 0.1) is 20.1 Å². The number of carbonyl (C=O) groups excluding carboxylic acids is 2. The van der Waals surface area contributed by atoms with Crippen molar-refractivity contribution in [2.45, 2.75) is 12.8 Å². The predicted molar refractivity (Wildman–Crippen MR) is 77.1 cm³/mol. The molecule has 0 aromatic heterocycles. The molecule has 1 aromatic carbocycles. The molecule has 1 saturated heterocycles. The summed E-state index contributed by atoms with van der Waals surface area (Å²) in [6.07, 6.45) is 0.849. The second-order valence-corrected chi connectivity index (χ2v) is 5.05. The molecule has 6 heteroatoms. The van der Waals surface area contributed by atoms with E-state index in [2.05, 4.69) is 0 Å². The van der Waals surface area contributed by atoms with Crippen LogP contribution in [-0.2, 0) is 16.0 Å². The number of carbonyl (C=O) groups is 2. The first kappa shape index (κ1) is 15.2. The normalized spacial score (nSPS) is 17.9. The molecule has 6 nitrogen and oxygen atoms in total. The Morgan fingerprint density at radius 1 is 1.38 bits per heavy atom. The van der Waals surface area contributed by atoms with E-state index in [1.165, 1.54) is 0 Å². The van der Waals surface area contributed by atoms with Gasteiger partial charge in [-0.25, -0.2) is 0 Å². The minimum Gasteiger partial charge on any atom is -0.493 e. The topological polar surface area (TPSA) is 81.9 Å². The molecule has 1 fully saturated rings. The fourth-order valence-corrected chi connectivity index (χ4v) is 2.58. The average molecular weight is 292 g/mol. The molecule has 1 aliphatic heterocycles. The Labute approximate surface area is 123 Å². The van der Waals surface area contributed by atoms with Crippen molar-refractivity contribution in [2.24, 2.45) is 11.7 Å². The molecule has 1 atom stereocenters. The van der Waals surface area contributed by atoms with E-state index in [4.69, 9.17) is 15.2 Å². The van der Waals surface area contributed by atoms with Gasteiger partial charge in [0.15, 0.2) is 11.5 Å². The summed E-state index contributed by atoms with van der Waals surface area (Å²) in [5.74, 6) is 0.533. The zero-order valence-electron chi connectivity index (χ0n) is 12.3. The van der Waals surface area contributed by atoms with Gasteiger partial charge in [-0.2, -0.15) is 0 Å². The monoisotopic (exact) mass is 292 g/mol. The van der Waals surface area contributed by atoms with E-state index >= 15 is 0 Å². The number of amides is 2. The first-order chi connectivity index (χ1) is 10.1. The summed E-state index contributed by atoms with van der Waals surface area (Å²) in [4.78, 5) is 24.7. The SMILES string of the molecule is COc1cccc(CCN2CC(C(N)=O)CC2=O)c1OC. The standard InChI is InChI=1S/C15H20N2O4/c1-20-12-5-3-4-10(14(12)21-2)6-7-17-9-11(15(16)19)8-13(17)18/h3-5,11H,6-9H2,1-2H3,(H2,16,19).